The minimum atomic E-state index is 0.550. The molecule has 1 aromatic rings. The number of piperidine rings is 1. The van der Waals surface area contributed by atoms with E-state index in [0.29, 0.717) is 12.0 Å². The average Bonchev–Trinajstić information content (AvgIpc) is 2.91. The van der Waals surface area contributed by atoms with Gasteiger partial charge in [-0.25, -0.2) is 0 Å². The lowest BCUT2D eigenvalue weighted by Crippen LogP contribution is -2.45. The molecule has 0 spiro atoms. The molecule has 0 saturated carbocycles. The third kappa shape index (κ3) is 3.41. The van der Waals surface area contributed by atoms with Crippen LogP contribution in [-0.4, -0.2) is 43.7 Å². The smallest absolute Gasteiger partial charge is 0.122 e. The van der Waals surface area contributed by atoms with Crippen LogP contribution in [-0.2, 0) is 0 Å². The third-order valence-electron chi connectivity index (χ3n) is 5.05. The molecule has 1 fully saturated rings. The Kier molecular flexibility index (Phi) is 4.81. The molecule has 3 unspecified atom stereocenters. The van der Waals surface area contributed by atoms with Gasteiger partial charge < -0.3 is 15.0 Å². The van der Waals surface area contributed by atoms with Gasteiger partial charge in [-0.2, -0.15) is 0 Å². The molecule has 2 aliphatic heterocycles. The lowest BCUT2D eigenvalue weighted by Gasteiger charge is -2.37. The van der Waals surface area contributed by atoms with Crippen molar-refractivity contribution in [3.05, 3.63) is 29.8 Å². The first kappa shape index (κ1) is 14.9. The van der Waals surface area contributed by atoms with Gasteiger partial charge in [0.15, 0.2) is 0 Å². The minimum absolute atomic E-state index is 0.550. The zero-order valence-corrected chi connectivity index (χ0v) is 13.3. The summed E-state index contributed by atoms with van der Waals surface area (Å²) in [5, 5.41) is 3.59. The van der Waals surface area contributed by atoms with Crippen molar-refractivity contribution in [2.24, 2.45) is 5.92 Å². The Hall–Kier alpha value is -1.06. The predicted molar refractivity (Wildman–Crippen MR) is 87.0 cm³/mol. The zero-order valence-electron chi connectivity index (χ0n) is 13.3. The lowest BCUT2D eigenvalue weighted by atomic mass is 9.90. The minimum Gasteiger partial charge on any atom is -0.493 e. The fourth-order valence-corrected chi connectivity index (χ4v) is 3.85. The van der Waals surface area contributed by atoms with Gasteiger partial charge in [0.25, 0.3) is 0 Å². The monoisotopic (exact) mass is 288 g/mol. The number of nitrogens with zero attached hydrogens (tertiary/aromatic N) is 1. The van der Waals surface area contributed by atoms with Crippen LogP contribution in [0.2, 0.25) is 0 Å². The molecule has 2 heterocycles. The van der Waals surface area contributed by atoms with Crippen LogP contribution in [0.1, 0.15) is 38.2 Å². The van der Waals surface area contributed by atoms with Gasteiger partial charge in [0.1, 0.15) is 5.75 Å². The van der Waals surface area contributed by atoms with Crippen molar-refractivity contribution < 1.29 is 4.74 Å². The van der Waals surface area contributed by atoms with Gasteiger partial charge in [0.2, 0.25) is 0 Å². The van der Waals surface area contributed by atoms with Crippen molar-refractivity contribution >= 4 is 0 Å². The number of ether oxygens (including phenoxy) is 1. The van der Waals surface area contributed by atoms with E-state index in [1.807, 2.05) is 0 Å². The molecule has 2 aliphatic rings. The number of para-hydroxylation sites is 1. The molecule has 0 radical (unpaired) electrons. The highest BCUT2D eigenvalue weighted by molar-refractivity contribution is 5.39. The first-order chi connectivity index (χ1) is 10.3. The molecule has 1 N–H and O–H groups in total. The lowest BCUT2D eigenvalue weighted by molar-refractivity contribution is 0.139. The highest BCUT2D eigenvalue weighted by atomic mass is 16.5. The molecule has 21 heavy (non-hydrogen) atoms. The van der Waals surface area contributed by atoms with Crippen molar-refractivity contribution in [3.8, 4) is 5.75 Å². The Morgan fingerprint density at radius 1 is 1.38 bits per heavy atom. The molecule has 0 aromatic heterocycles. The van der Waals surface area contributed by atoms with Crippen LogP contribution >= 0.6 is 0 Å². The first-order valence-corrected chi connectivity index (χ1v) is 8.45. The highest BCUT2D eigenvalue weighted by Gasteiger charge is 2.29. The van der Waals surface area contributed by atoms with E-state index in [9.17, 15) is 0 Å². The number of fused-ring (bicyclic) bond motifs is 1. The maximum absolute atomic E-state index is 5.83. The van der Waals surface area contributed by atoms with Crippen LogP contribution in [0, 0.1) is 5.92 Å². The standard InChI is InChI=1S/C18H28N2O/c1-3-19-14(2)15-7-6-10-20(11-15)12-16-13-21-18-9-5-4-8-17(16)18/h4-5,8-9,14-16,19H,3,6-7,10-13H2,1-2H3. The second-order valence-electron chi connectivity index (χ2n) is 6.55. The van der Waals surface area contributed by atoms with E-state index in [0.717, 1.165) is 31.4 Å². The number of rotatable bonds is 5. The first-order valence-electron chi connectivity index (χ1n) is 8.45. The van der Waals surface area contributed by atoms with Gasteiger partial charge in [0, 0.05) is 30.6 Å². The summed E-state index contributed by atoms with van der Waals surface area (Å²) in [5.41, 5.74) is 1.40. The van der Waals surface area contributed by atoms with Crippen LogP contribution < -0.4 is 10.1 Å². The molecule has 0 aliphatic carbocycles. The van der Waals surface area contributed by atoms with E-state index in [4.69, 9.17) is 4.74 Å². The fourth-order valence-electron chi connectivity index (χ4n) is 3.85. The van der Waals surface area contributed by atoms with Gasteiger partial charge in [0.05, 0.1) is 6.61 Å². The second kappa shape index (κ2) is 6.80. The Bertz CT molecular complexity index is 462. The summed E-state index contributed by atoms with van der Waals surface area (Å²) >= 11 is 0. The van der Waals surface area contributed by atoms with Gasteiger partial charge in [-0.05, 0) is 44.8 Å². The molecule has 116 valence electrons. The number of hydrogen-bond donors (Lipinski definition) is 1. The van der Waals surface area contributed by atoms with Gasteiger partial charge in [-0.1, -0.05) is 25.1 Å². The number of hydrogen-bond acceptors (Lipinski definition) is 3. The van der Waals surface area contributed by atoms with Crippen molar-refractivity contribution in [1.82, 2.24) is 10.2 Å². The van der Waals surface area contributed by atoms with Crippen LogP contribution in [0.4, 0.5) is 0 Å². The normalized spacial score (nSPS) is 27.1. The van der Waals surface area contributed by atoms with Crippen LogP contribution in [0.3, 0.4) is 0 Å². The number of benzene rings is 1. The van der Waals surface area contributed by atoms with E-state index in [1.54, 1.807) is 0 Å². The summed E-state index contributed by atoms with van der Waals surface area (Å²) < 4.78 is 5.83. The van der Waals surface area contributed by atoms with Crippen molar-refractivity contribution in [2.75, 3.05) is 32.8 Å². The van der Waals surface area contributed by atoms with Crippen LogP contribution in [0.15, 0.2) is 24.3 Å². The SMILES string of the molecule is CCNC(C)C1CCCN(CC2COc3ccccc32)C1. The van der Waals surface area contributed by atoms with E-state index in [-0.39, 0.29) is 0 Å². The molecule has 1 saturated heterocycles. The molecular formula is C18H28N2O. The Balaban J connectivity index is 1.58. The predicted octanol–water partition coefficient (Wildman–Crippen LogP) is 2.87. The summed E-state index contributed by atoms with van der Waals surface area (Å²) in [5.74, 6) is 2.43. The Morgan fingerprint density at radius 2 is 2.24 bits per heavy atom. The summed E-state index contributed by atoms with van der Waals surface area (Å²) in [6.45, 7) is 10.1. The molecule has 3 atom stereocenters. The zero-order chi connectivity index (χ0) is 14.7. The molecule has 0 amide bonds. The van der Waals surface area contributed by atoms with E-state index in [1.165, 1.54) is 31.5 Å². The third-order valence-corrected chi connectivity index (χ3v) is 5.05. The summed E-state index contributed by atoms with van der Waals surface area (Å²) in [7, 11) is 0. The van der Waals surface area contributed by atoms with Gasteiger partial charge in [-0.3, -0.25) is 0 Å². The van der Waals surface area contributed by atoms with E-state index < -0.39 is 0 Å². The van der Waals surface area contributed by atoms with E-state index >= 15 is 0 Å². The van der Waals surface area contributed by atoms with Gasteiger partial charge in [-0.15, -0.1) is 0 Å². The molecule has 3 nitrogen and oxygen atoms in total. The Morgan fingerprint density at radius 3 is 3.10 bits per heavy atom. The van der Waals surface area contributed by atoms with Gasteiger partial charge >= 0.3 is 0 Å². The largest absolute Gasteiger partial charge is 0.493 e. The molecule has 3 rings (SSSR count). The average molecular weight is 288 g/mol. The van der Waals surface area contributed by atoms with Crippen molar-refractivity contribution in [1.29, 1.82) is 0 Å². The van der Waals surface area contributed by atoms with Crippen LogP contribution in [0.5, 0.6) is 5.75 Å². The number of nitrogens with one attached hydrogen (secondary N) is 1. The highest BCUT2D eigenvalue weighted by Crippen LogP contribution is 2.34. The summed E-state index contributed by atoms with van der Waals surface area (Å²) in [4.78, 5) is 2.65. The maximum atomic E-state index is 5.83. The summed E-state index contributed by atoms with van der Waals surface area (Å²) in [6.07, 6.45) is 2.69. The maximum Gasteiger partial charge on any atom is 0.122 e. The number of likely N-dealkylation sites (tertiary alicyclic amines) is 1. The van der Waals surface area contributed by atoms with Crippen LogP contribution in [0.25, 0.3) is 0 Å². The second-order valence-corrected chi connectivity index (χ2v) is 6.55. The molecular weight excluding hydrogens is 260 g/mol. The fraction of sp³-hybridized carbons (Fsp3) is 0.667. The molecule has 0 bridgehead atoms. The topological polar surface area (TPSA) is 24.5 Å². The Labute approximate surface area is 128 Å². The molecule has 3 heteroatoms. The molecule has 1 aromatic carbocycles. The van der Waals surface area contributed by atoms with Crippen molar-refractivity contribution in [3.63, 3.8) is 0 Å². The van der Waals surface area contributed by atoms with E-state index in [2.05, 4.69) is 48.3 Å². The quantitative estimate of drug-likeness (QED) is 0.901. The summed E-state index contributed by atoms with van der Waals surface area (Å²) in [6, 6.07) is 9.16. The van der Waals surface area contributed by atoms with Crippen molar-refractivity contribution in [2.45, 2.75) is 38.6 Å².